The van der Waals surface area contributed by atoms with Gasteiger partial charge in [0.1, 0.15) is 28.4 Å². The number of fused-ring (bicyclic) bond motifs is 1. The van der Waals surface area contributed by atoms with Gasteiger partial charge >= 0.3 is 0 Å². The van der Waals surface area contributed by atoms with Crippen LogP contribution in [0.15, 0.2) is 52.1 Å². The van der Waals surface area contributed by atoms with Crippen molar-refractivity contribution in [3.63, 3.8) is 0 Å². The van der Waals surface area contributed by atoms with Gasteiger partial charge in [-0.2, -0.15) is 0 Å². The lowest BCUT2D eigenvalue weighted by molar-refractivity contribution is -0.297. The second-order valence-electron chi connectivity index (χ2n) is 6.71. The molecule has 0 amide bonds. The molecule has 0 saturated carbocycles. The number of benzene rings is 1. The second-order valence-corrected chi connectivity index (χ2v) is 8.60. The van der Waals surface area contributed by atoms with Gasteiger partial charge in [0.05, 0.1) is 12.6 Å². The number of thioether (sulfide) groups is 1. The van der Waals surface area contributed by atoms with E-state index in [0.717, 1.165) is 16.0 Å². The first kappa shape index (κ1) is 19.3. The summed E-state index contributed by atoms with van der Waals surface area (Å²) in [5.41, 5.74) is 7.76. The van der Waals surface area contributed by atoms with Crippen molar-refractivity contribution < 1.29 is 19.3 Å². The third-order valence-electron chi connectivity index (χ3n) is 4.68. The number of ether oxygens (including phenoxy) is 3. The van der Waals surface area contributed by atoms with E-state index in [1.54, 1.807) is 6.20 Å². The van der Waals surface area contributed by atoms with Gasteiger partial charge in [-0.3, -0.25) is 0 Å². The number of halogens is 1. The van der Waals surface area contributed by atoms with Crippen LogP contribution in [-0.2, 0) is 14.2 Å². The van der Waals surface area contributed by atoms with Gasteiger partial charge in [-0.05, 0) is 34.5 Å². The number of nitrogens with zero attached hydrogens (tertiary/aromatic N) is 1. The number of rotatable bonds is 3. The summed E-state index contributed by atoms with van der Waals surface area (Å²) < 4.78 is 18.7. The van der Waals surface area contributed by atoms with E-state index in [-0.39, 0.29) is 6.10 Å². The van der Waals surface area contributed by atoms with E-state index in [2.05, 4.69) is 20.9 Å². The van der Waals surface area contributed by atoms with Crippen LogP contribution in [0.1, 0.15) is 17.4 Å². The Morgan fingerprint density at radius 1 is 1.26 bits per heavy atom. The minimum Gasteiger partial charge on any atom is -0.388 e. The van der Waals surface area contributed by atoms with E-state index in [0.29, 0.717) is 11.2 Å². The number of pyridine rings is 1. The summed E-state index contributed by atoms with van der Waals surface area (Å²) in [4.78, 5) is 5.18. The number of aryl methyl sites for hydroxylation is 1. The molecule has 144 valence electrons. The molecule has 6 atom stereocenters. The lowest BCUT2D eigenvalue weighted by Gasteiger charge is -2.47. The molecule has 6 unspecified atom stereocenters. The molecule has 4 rings (SSSR count). The monoisotopic (exact) mass is 452 g/mol. The Labute approximate surface area is 170 Å². The van der Waals surface area contributed by atoms with Crippen LogP contribution in [0.4, 0.5) is 0 Å². The number of nitrogens with two attached hydrogens (primary N) is 1. The maximum Gasteiger partial charge on any atom is 0.184 e. The lowest BCUT2D eigenvalue weighted by Crippen LogP contribution is -2.64. The Balaban J connectivity index is 1.48. The number of aliphatic hydroxyl groups excluding tert-OH is 1. The quantitative estimate of drug-likeness (QED) is 0.692. The molecule has 27 heavy (non-hydrogen) atoms. The third kappa shape index (κ3) is 4.07. The number of aromatic nitrogens is 1. The number of aliphatic hydroxyl groups is 1. The minimum atomic E-state index is -0.877. The van der Waals surface area contributed by atoms with Crippen LogP contribution in [0.3, 0.4) is 0 Å². The van der Waals surface area contributed by atoms with E-state index in [9.17, 15) is 5.11 Å². The summed E-state index contributed by atoms with van der Waals surface area (Å²) in [6.07, 6.45) is -0.375. The average molecular weight is 453 g/mol. The highest BCUT2D eigenvalue weighted by atomic mass is 79.9. The van der Waals surface area contributed by atoms with Gasteiger partial charge in [-0.25, -0.2) is 4.98 Å². The van der Waals surface area contributed by atoms with E-state index in [1.165, 1.54) is 11.8 Å². The zero-order chi connectivity index (χ0) is 19.0. The first-order valence-electron chi connectivity index (χ1n) is 8.73. The van der Waals surface area contributed by atoms with Gasteiger partial charge in [0, 0.05) is 16.7 Å². The predicted molar refractivity (Wildman–Crippen MR) is 105 cm³/mol. The largest absolute Gasteiger partial charge is 0.388 e. The van der Waals surface area contributed by atoms with Crippen molar-refractivity contribution in [2.45, 2.75) is 47.9 Å². The van der Waals surface area contributed by atoms with Crippen LogP contribution in [-0.4, -0.2) is 46.5 Å². The highest BCUT2D eigenvalue weighted by Crippen LogP contribution is 2.39. The normalized spacial score (nSPS) is 33.5. The summed E-state index contributed by atoms with van der Waals surface area (Å²) in [6.45, 7) is 2.32. The van der Waals surface area contributed by atoms with Gasteiger partial charge in [0.2, 0.25) is 0 Å². The Kier molecular flexibility index (Phi) is 5.84. The minimum absolute atomic E-state index is 0.336. The summed E-state index contributed by atoms with van der Waals surface area (Å²) in [5, 5.41) is 10.7. The Morgan fingerprint density at radius 2 is 2.04 bits per heavy atom. The van der Waals surface area contributed by atoms with Gasteiger partial charge in [0.15, 0.2) is 6.29 Å². The zero-order valence-corrected chi connectivity index (χ0v) is 17.1. The first-order chi connectivity index (χ1) is 13.0. The molecular formula is C19H21BrN2O4S. The molecule has 3 N–H and O–H groups in total. The molecule has 0 radical (unpaired) electrons. The first-order valence-corrected chi connectivity index (χ1v) is 10.4. The van der Waals surface area contributed by atoms with Crippen LogP contribution >= 0.6 is 27.7 Å². The lowest BCUT2D eigenvalue weighted by atomic mass is 9.97. The topological polar surface area (TPSA) is 86.8 Å². The van der Waals surface area contributed by atoms with Crippen LogP contribution in [0.2, 0.25) is 0 Å². The van der Waals surface area contributed by atoms with Crippen LogP contribution in [0.5, 0.6) is 0 Å². The van der Waals surface area contributed by atoms with Crippen molar-refractivity contribution in [1.29, 1.82) is 0 Å². The van der Waals surface area contributed by atoms with Crippen molar-refractivity contribution in [2.24, 2.45) is 5.73 Å². The van der Waals surface area contributed by atoms with Crippen molar-refractivity contribution in [1.82, 2.24) is 4.98 Å². The highest BCUT2D eigenvalue weighted by Gasteiger charge is 2.48. The molecule has 2 aliphatic rings. The Morgan fingerprint density at radius 3 is 2.81 bits per heavy atom. The summed E-state index contributed by atoms with van der Waals surface area (Å²) in [6, 6.07) is 11.1. The Bertz CT molecular complexity index is 795. The fourth-order valence-corrected chi connectivity index (χ4v) is 4.92. The molecule has 2 saturated heterocycles. The van der Waals surface area contributed by atoms with Gasteiger partial charge in [0.25, 0.3) is 0 Å². The molecule has 1 aromatic heterocycles. The fourth-order valence-electron chi connectivity index (χ4n) is 3.25. The predicted octanol–water partition coefficient (Wildman–Crippen LogP) is 2.77. The number of hydrogen-bond donors (Lipinski definition) is 2. The van der Waals surface area contributed by atoms with Crippen molar-refractivity contribution in [2.75, 3.05) is 6.61 Å². The third-order valence-corrected chi connectivity index (χ3v) is 6.76. The molecule has 1 aromatic carbocycles. The number of hydrogen-bond acceptors (Lipinski definition) is 7. The van der Waals surface area contributed by atoms with Crippen molar-refractivity contribution in [3.8, 4) is 0 Å². The molecule has 0 bridgehead atoms. The molecule has 6 nitrogen and oxygen atoms in total. The summed E-state index contributed by atoms with van der Waals surface area (Å²) in [7, 11) is 0. The molecular weight excluding hydrogens is 432 g/mol. The highest BCUT2D eigenvalue weighted by molar-refractivity contribution is 9.10. The Hall–Kier alpha value is -1.00. The molecule has 2 aliphatic heterocycles. The van der Waals surface area contributed by atoms with E-state index in [1.807, 2.05) is 43.3 Å². The SMILES string of the molecule is Cc1cnc(Br)c(SC2OC3COC(c4ccccc4)OC3C(N)C2O)c1. The van der Waals surface area contributed by atoms with Crippen LogP contribution in [0, 0.1) is 6.92 Å². The summed E-state index contributed by atoms with van der Waals surface area (Å²) >= 11 is 4.84. The molecule has 3 heterocycles. The van der Waals surface area contributed by atoms with Crippen molar-refractivity contribution in [3.05, 3.63) is 58.3 Å². The average Bonchev–Trinajstić information content (AvgIpc) is 2.69. The second kappa shape index (κ2) is 8.16. The zero-order valence-electron chi connectivity index (χ0n) is 14.7. The molecule has 0 spiro atoms. The molecule has 0 aliphatic carbocycles. The van der Waals surface area contributed by atoms with Crippen molar-refractivity contribution >= 4 is 27.7 Å². The van der Waals surface area contributed by atoms with Gasteiger partial charge in [-0.1, -0.05) is 42.1 Å². The van der Waals surface area contributed by atoms with E-state index in [4.69, 9.17) is 19.9 Å². The van der Waals surface area contributed by atoms with Gasteiger partial charge in [-0.15, -0.1) is 0 Å². The maximum absolute atomic E-state index is 10.7. The van der Waals surface area contributed by atoms with Crippen LogP contribution < -0.4 is 5.73 Å². The maximum atomic E-state index is 10.7. The molecule has 8 heteroatoms. The van der Waals surface area contributed by atoms with Crippen LogP contribution in [0.25, 0.3) is 0 Å². The summed E-state index contributed by atoms with van der Waals surface area (Å²) in [5.74, 6) is 0. The van der Waals surface area contributed by atoms with Gasteiger partial charge < -0.3 is 25.1 Å². The fraction of sp³-hybridized carbons (Fsp3) is 0.421. The van der Waals surface area contributed by atoms with E-state index >= 15 is 0 Å². The standard InChI is InChI=1S/C19H21BrN2O4S/c1-10-7-13(17(20)22-8-10)27-19-15(23)14(21)16-12(25-19)9-24-18(26-16)11-5-3-2-4-6-11/h2-8,12,14-16,18-19,23H,9,21H2,1H3. The molecule has 2 fully saturated rings. The smallest absolute Gasteiger partial charge is 0.184 e. The molecule has 2 aromatic rings. The van der Waals surface area contributed by atoms with E-state index < -0.39 is 30.0 Å².